The zero-order valence-corrected chi connectivity index (χ0v) is 9.85. The Kier molecular flexibility index (Phi) is 2.77. The van der Waals surface area contributed by atoms with E-state index < -0.39 is 11.9 Å². The molecular formula is C12H14F3N3. The van der Waals surface area contributed by atoms with Gasteiger partial charge in [0, 0.05) is 18.0 Å². The van der Waals surface area contributed by atoms with Gasteiger partial charge in [-0.1, -0.05) is 6.42 Å². The van der Waals surface area contributed by atoms with E-state index in [2.05, 4.69) is 15.3 Å². The van der Waals surface area contributed by atoms with Crippen molar-refractivity contribution in [2.45, 2.75) is 44.3 Å². The molecule has 0 spiro atoms. The summed E-state index contributed by atoms with van der Waals surface area (Å²) in [6.45, 7) is 0.975. The van der Waals surface area contributed by atoms with Crippen molar-refractivity contribution >= 4 is 0 Å². The fraction of sp³-hybridized carbons (Fsp3) is 0.667. The van der Waals surface area contributed by atoms with E-state index in [1.54, 1.807) is 0 Å². The van der Waals surface area contributed by atoms with Crippen molar-refractivity contribution in [3.05, 3.63) is 22.8 Å². The molecular weight excluding hydrogens is 243 g/mol. The molecule has 98 valence electrons. The number of hydrogen-bond acceptors (Lipinski definition) is 3. The van der Waals surface area contributed by atoms with Crippen molar-refractivity contribution in [1.29, 1.82) is 0 Å². The summed E-state index contributed by atoms with van der Waals surface area (Å²) in [6, 6.07) is 0. The molecule has 18 heavy (non-hydrogen) atoms. The maximum absolute atomic E-state index is 13.0. The molecule has 3 nitrogen and oxygen atoms in total. The number of nitrogens with one attached hydrogen (secondary N) is 1. The number of fused-ring (bicyclic) bond motifs is 1. The van der Waals surface area contributed by atoms with Crippen LogP contribution in [0.4, 0.5) is 13.2 Å². The lowest BCUT2D eigenvalue weighted by Crippen LogP contribution is -2.30. The highest BCUT2D eigenvalue weighted by Crippen LogP contribution is 2.38. The second-order valence-electron chi connectivity index (χ2n) is 4.91. The zero-order chi connectivity index (χ0) is 12.8. The molecule has 2 heterocycles. The quantitative estimate of drug-likeness (QED) is 0.839. The Hall–Kier alpha value is -1.17. The highest BCUT2D eigenvalue weighted by atomic mass is 19.4. The van der Waals surface area contributed by atoms with Gasteiger partial charge in [0.25, 0.3) is 0 Å². The molecule has 1 saturated carbocycles. The molecule has 0 aromatic carbocycles. The first kappa shape index (κ1) is 11.9. The topological polar surface area (TPSA) is 37.8 Å². The number of rotatable bonds is 1. The van der Waals surface area contributed by atoms with E-state index in [0.717, 1.165) is 19.3 Å². The fourth-order valence-corrected chi connectivity index (χ4v) is 2.46. The smallest absolute Gasteiger partial charge is 0.311 e. The highest BCUT2D eigenvalue weighted by Gasteiger charge is 2.39. The predicted octanol–water partition coefficient (Wildman–Crippen LogP) is 2.41. The summed E-state index contributed by atoms with van der Waals surface area (Å²) < 4.78 is 39.1. The summed E-state index contributed by atoms with van der Waals surface area (Å²) >= 11 is 0. The summed E-state index contributed by atoms with van der Waals surface area (Å²) in [5, 5.41) is 3.06. The van der Waals surface area contributed by atoms with Crippen molar-refractivity contribution < 1.29 is 13.2 Å². The molecule has 1 aromatic heterocycles. The molecule has 1 aliphatic heterocycles. The molecule has 0 bridgehead atoms. The fourth-order valence-electron chi connectivity index (χ4n) is 2.46. The van der Waals surface area contributed by atoms with Crippen molar-refractivity contribution in [3.8, 4) is 0 Å². The minimum absolute atomic E-state index is 0.123. The lowest BCUT2D eigenvalue weighted by molar-refractivity contribution is -0.142. The SMILES string of the molecule is FC(F)(F)c1nc(C2CCC2)nc2c1CCNC2. The van der Waals surface area contributed by atoms with Gasteiger partial charge in [-0.15, -0.1) is 0 Å². The van der Waals surface area contributed by atoms with Crippen LogP contribution < -0.4 is 5.32 Å². The second-order valence-corrected chi connectivity index (χ2v) is 4.91. The van der Waals surface area contributed by atoms with E-state index >= 15 is 0 Å². The Balaban J connectivity index is 2.09. The summed E-state index contributed by atoms with van der Waals surface area (Å²) in [5.74, 6) is 0.509. The van der Waals surface area contributed by atoms with Crippen LogP contribution in [0.3, 0.4) is 0 Å². The van der Waals surface area contributed by atoms with E-state index in [4.69, 9.17) is 0 Å². The van der Waals surface area contributed by atoms with Gasteiger partial charge >= 0.3 is 6.18 Å². The monoisotopic (exact) mass is 257 g/mol. The van der Waals surface area contributed by atoms with Crippen molar-refractivity contribution in [2.75, 3.05) is 6.54 Å². The molecule has 6 heteroatoms. The Morgan fingerprint density at radius 1 is 1.17 bits per heavy atom. The Labute approximate surface area is 103 Å². The molecule has 0 saturated heterocycles. The lowest BCUT2D eigenvalue weighted by Gasteiger charge is -2.27. The van der Waals surface area contributed by atoms with Crippen molar-refractivity contribution in [2.24, 2.45) is 0 Å². The third kappa shape index (κ3) is 1.98. The molecule has 0 amide bonds. The Bertz CT molecular complexity index is 466. The molecule has 1 N–H and O–H groups in total. The van der Waals surface area contributed by atoms with Crippen molar-refractivity contribution in [3.63, 3.8) is 0 Å². The summed E-state index contributed by atoms with van der Waals surface area (Å²) in [5.41, 5.74) is 0.102. The molecule has 0 atom stereocenters. The van der Waals surface area contributed by atoms with E-state index in [0.29, 0.717) is 31.0 Å². The molecule has 1 aromatic rings. The maximum atomic E-state index is 13.0. The number of aromatic nitrogens is 2. The molecule has 1 fully saturated rings. The van der Waals surface area contributed by atoms with Gasteiger partial charge in [-0.2, -0.15) is 13.2 Å². The van der Waals surface area contributed by atoms with Gasteiger partial charge in [-0.05, 0) is 25.8 Å². The Morgan fingerprint density at radius 3 is 2.56 bits per heavy atom. The van der Waals surface area contributed by atoms with E-state index in [1.807, 2.05) is 0 Å². The average molecular weight is 257 g/mol. The number of nitrogens with zero attached hydrogens (tertiary/aromatic N) is 2. The van der Waals surface area contributed by atoms with Gasteiger partial charge in [0.15, 0.2) is 5.69 Å². The standard InChI is InChI=1S/C12H14F3N3/c13-12(14,15)10-8-4-5-16-6-9(8)17-11(18-10)7-2-1-3-7/h7,16H,1-6H2. The molecule has 3 rings (SSSR count). The highest BCUT2D eigenvalue weighted by molar-refractivity contribution is 5.31. The molecule has 0 unspecified atom stereocenters. The first-order valence-corrected chi connectivity index (χ1v) is 6.23. The second kappa shape index (κ2) is 4.19. The minimum atomic E-state index is -4.37. The van der Waals surface area contributed by atoms with Crippen LogP contribution in [0.2, 0.25) is 0 Å². The van der Waals surface area contributed by atoms with Crippen LogP contribution in [0, 0.1) is 0 Å². The van der Waals surface area contributed by atoms with Gasteiger partial charge in [0.1, 0.15) is 5.82 Å². The van der Waals surface area contributed by atoms with Crippen LogP contribution in [0.5, 0.6) is 0 Å². The minimum Gasteiger partial charge on any atom is -0.311 e. The van der Waals surface area contributed by atoms with Gasteiger partial charge in [-0.25, -0.2) is 9.97 Å². The summed E-state index contributed by atoms with van der Waals surface area (Å²) in [4.78, 5) is 8.15. The van der Waals surface area contributed by atoms with Crippen molar-refractivity contribution in [1.82, 2.24) is 15.3 Å². The molecule has 2 aliphatic rings. The summed E-state index contributed by atoms with van der Waals surface area (Å²) in [6.07, 6.45) is -1.14. The number of hydrogen-bond donors (Lipinski definition) is 1. The van der Waals surface area contributed by atoms with Gasteiger partial charge < -0.3 is 5.32 Å². The third-order valence-electron chi connectivity index (χ3n) is 3.69. The van der Waals surface area contributed by atoms with Gasteiger partial charge in [0.2, 0.25) is 0 Å². The number of halogens is 3. The van der Waals surface area contributed by atoms with Crippen LogP contribution >= 0.6 is 0 Å². The van der Waals surface area contributed by atoms with Crippen LogP contribution in [0.1, 0.15) is 48.0 Å². The van der Waals surface area contributed by atoms with E-state index in [-0.39, 0.29) is 11.5 Å². The maximum Gasteiger partial charge on any atom is 0.433 e. The molecule has 0 radical (unpaired) electrons. The predicted molar refractivity (Wildman–Crippen MR) is 59.0 cm³/mol. The van der Waals surface area contributed by atoms with Gasteiger partial charge in [-0.3, -0.25) is 0 Å². The van der Waals surface area contributed by atoms with Crippen LogP contribution in [-0.2, 0) is 19.1 Å². The first-order valence-electron chi connectivity index (χ1n) is 6.23. The summed E-state index contributed by atoms with van der Waals surface area (Å²) in [7, 11) is 0. The normalized spacial score (nSPS) is 20.4. The first-order chi connectivity index (χ1) is 8.55. The average Bonchev–Trinajstić information content (AvgIpc) is 2.24. The third-order valence-corrected chi connectivity index (χ3v) is 3.69. The van der Waals surface area contributed by atoms with Crippen LogP contribution in [0.15, 0.2) is 0 Å². The molecule has 1 aliphatic carbocycles. The number of alkyl halides is 3. The van der Waals surface area contributed by atoms with Crippen LogP contribution in [-0.4, -0.2) is 16.5 Å². The zero-order valence-electron chi connectivity index (χ0n) is 9.85. The largest absolute Gasteiger partial charge is 0.433 e. The van der Waals surface area contributed by atoms with E-state index in [1.165, 1.54) is 0 Å². The van der Waals surface area contributed by atoms with Crippen LogP contribution in [0.25, 0.3) is 0 Å². The van der Waals surface area contributed by atoms with Gasteiger partial charge in [0.05, 0.1) is 5.69 Å². The lowest BCUT2D eigenvalue weighted by atomic mass is 9.84. The van der Waals surface area contributed by atoms with E-state index in [9.17, 15) is 13.2 Å². The Morgan fingerprint density at radius 2 is 1.94 bits per heavy atom.